The number of unbranched alkanes of at least 4 members (excludes halogenated alkanes) is 1. The van der Waals surface area contributed by atoms with E-state index in [9.17, 15) is 32.3 Å². The lowest BCUT2D eigenvalue weighted by molar-refractivity contribution is -0.199. The molecule has 1 heterocycles. The van der Waals surface area contributed by atoms with Crippen molar-refractivity contribution in [3.8, 4) is 0 Å². The Bertz CT molecular complexity index is 523. The number of hydrogen-bond acceptors (Lipinski definition) is 7. The Labute approximate surface area is 128 Å². The summed E-state index contributed by atoms with van der Waals surface area (Å²) in [6.45, 7) is 0.329. The van der Waals surface area contributed by atoms with E-state index in [1.54, 1.807) is 0 Å². The highest BCUT2D eigenvalue weighted by atomic mass is 19.4. The largest absolute Gasteiger partial charge is 0.454 e. The van der Waals surface area contributed by atoms with Gasteiger partial charge in [-0.25, -0.2) is 0 Å². The van der Waals surface area contributed by atoms with Crippen molar-refractivity contribution in [2.45, 2.75) is 43.5 Å². The Morgan fingerprint density at radius 2 is 1.91 bits per heavy atom. The van der Waals surface area contributed by atoms with Gasteiger partial charge in [0.15, 0.2) is 0 Å². The van der Waals surface area contributed by atoms with Crippen molar-refractivity contribution in [3.63, 3.8) is 0 Å². The van der Waals surface area contributed by atoms with Crippen molar-refractivity contribution in [2.24, 2.45) is 11.5 Å². The van der Waals surface area contributed by atoms with Gasteiger partial charge in [-0.2, -0.15) is 13.2 Å². The minimum absolute atomic E-state index is 0.0435. The van der Waals surface area contributed by atoms with Crippen LogP contribution in [0.2, 0.25) is 0 Å². The van der Waals surface area contributed by atoms with Crippen LogP contribution in [0.4, 0.5) is 13.2 Å². The second kappa shape index (κ2) is 7.04. The van der Waals surface area contributed by atoms with E-state index in [2.05, 4.69) is 4.74 Å². The second-order valence-electron chi connectivity index (χ2n) is 5.02. The monoisotopic (exact) mass is 339 g/mol. The summed E-state index contributed by atoms with van der Waals surface area (Å²) in [5, 5.41) is 1.52. The van der Waals surface area contributed by atoms with E-state index >= 15 is 0 Å². The highest BCUT2D eigenvalue weighted by Crippen LogP contribution is 2.32. The lowest BCUT2D eigenvalue weighted by Crippen LogP contribution is -2.56. The van der Waals surface area contributed by atoms with Crippen molar-refractivity contribution in [3.05, 3.63) is 0 Å². The molecule has 130 valence electrons. The summed E-state index contributed by atoms with van der Waals surface area (Å²) >= 11 is 0. The lowest BCUT2D eigenvalue weighted by atomic mass is 9.95. The predicted octanol–water partition coefficient (Wildman–Crippen LogP) is -1.10. The molecule has 1 aliphatic rings. The number of nitrogens with two attached hydrogens (primary N) is 2. The van der Waals surface area contributed by atoms with Crippen LogP contribution in [-0.2, 0) is 23.9 Å². The summed E-state index contributed by atoms with van der Waals surface area (Å²) in [6, 6.07) is -1.34. The van der Waals surface area contributed by atoms with Crippen LogP contribution >= 0.6 is 0 Å². The molecule has 0 aliphatic carbocycles. The first-order chi connectivity index (χ1) is 10.5. The highest BCUT2D eigenvalue weighted by Gasteiger charge is 2.64. The van der Waals surface area contributed by atoms with Crippen LogP contribution in [0.1, 0.15) is 25.7 Å². The van der Waals surface area contributed by atoms with Gasteiger partial charge in [0.25, 0.3) is 17.3 Å². The molecule has 1 fully saturated rings. The minimum Gasteiger partial charge on any atom is -0.439 e. The molecule has 0 spiro atoms. The Hall–Kier alpha value is -2.01. The summed E-state index contributed by atoms with van der Waals surface area (Å²) in [5.74, 6) is -6.79. The fourth-order valence-electron chi connectivity index (χ4n) is 1.99. The first-order valence-electron chi connectivity index (χ1n) is 6.69. The average Bonchev–Trinajstić information content (AvgIpc) is 2.72. The molecule has 0 saturated carbocycles. The van der Waals surface area contributed by atoms with Gasteiger partial charge >= 0.3 is 12.1 Å². The minimum atomic E-state index is -5.47. The molecule has 0 aromatic rings. The molecule has 8 nitrogen and oxygen atoms in total. The summed E-state index contributed by atoms with van der Waals surface area (Å²) in [6.07, 6.45) is -5.73. The van der Waals surface area contributed by atoms with Crippen LogP contribution in [0.3, 0.4) is 0 Å². The number of ketones is 1. The number of alkyl halides is 3. The Morgan fingerprint density at radius 1 is 1.30 bits per heavy atom. The molecule has 0 radical (unpaired) electrons. The van der Waals surface area contributed by atoms with Gasteiger partial charge in [-0.3, -0.25) is 24.5 Å². The molecular formula is C12H16F3N3O5. The van der Waals surface area contributed by atoms with Crippen molar-refractivity contribution in [1.29, 1.82) is 0 Å². The number of rotatable bonds is 7. The van der Waals surface area contributed by atoms with Gasteiger partial charge in [0.1, 0.15) is 6.04 Å². The quantitative estimate of drug-likeness (QED) is 0.231. The van der Waals surface area contributed by atoms with E-state index in [1.165, 1.54) is 5.32 Å². The van der Waals surface area contributed by atoms with E-state index in [0.717, 1.165) is 0 Å². The van der Waals surface area contributed by atoms with Crippen LogP contribution < -0.4 is 16.8 Å². The fourth-order valence-corrected chi connectivity index (χ4v) is 1.99. The predicted molar refractivity (Wildman–Crippen MR) is 68.5 cm³/mol. The molecule has 0 bridgehead atoms. The van der Waals surface area contributed by atoms with E-state index in [1.807, 2.05) is 0 Å². The number of esters is 1. The van der Waals surface area contributed by atoms with Crippen molar-refractivity contribution in [2.75, 3.05) is 6.54 Å². The first-order valence-corrected chi connectivity index (χ1v) is 6.69. The topological polar surface area (TPSA) is 142 Å². The molecule has 1 aliphatic heterocycles. The first kappa shape index (κ1) is 19.0. The van der Waals surface area contributed by atoms with Crippen LogP contribution in [0.15, 0.2) is 0 Å². The molecule has 0 aromatic heterocycles. The van der Waals surface area contributed by atoms with Gasteiger partial charge in [0.2, 0.25) is 5.91 Å². The van der Waals surface area contributed by atoms with Crippen molar-refractivity contribution in [1.82, 2.24) is 5.32 Å². The van der Waals surface area contributed by atoms with E-state index in [-0.39, 0.29) is 6.42 Å². The van der Waals surface area contributed by atoms with E-state index < -0.39 is 47.8 Å². The summed E-state index contributed by atoms with van der Waals surface area (Å²) < 4.78 is 42.5. The Kier molecular flexibility index (Phi) is 5.83. The summed E-state index contributed by atoms with van der Waals surface area (Å²) in [5.41, 5.74) is 7.46. The highest BCUT2D eigenvalue weighted by molar-refractivity contribution is 6.22. The van der Waals surface area contributed by atoms with Gasteiger partial charge in [0, 0.05) is 0 Å². The molecule has 2 atom stereocenters. The second-order valence-corrected chi connectivity index (χ2v) is 5.02. The third kappa shape index (κ3) is 4.26. The van der Waals surface area contributed by atoms with Gasteiger partial charge < -0.3 is 16.2 Å². The number of ether oxygens (including phenoxy) is 1. The summed E-state index contributed by atoms with van der Waals surface area (Å²) in [7, 11) is 0. The molecule has 1 unspecified atom stereocenters. The SMILES string of the molecule is NCCCC[C@H](N)C(=O)OC1(C(=O)C(F)(F)F)CC(=O)NC1=O. The fraction of sp³-hybridized carbons (Fsp3) is 0.667. The zero-order chi connectivity index (χ0) is 17.8. The van der Waals surface area contributed by atoms with Crippen molar-refractivity contribution < 1.29 is 37.1 Å². The third-order valence-electron chi connectivity index (χ3n) is 3.20. The standard InChI is InChI=1S/C12H16F3N3O5/c13-12(14,15)9(21)11(5-7(19)18-10(11)22)23-8(20)6(17)3-1-2-4-16/h6H,1-5,16-17H2,(H,18,19,22)/t6-,11?/m0/s1. The van der Waals surface area contributed by atoms with Crippen LogP contribution in [0, 0.1) is 0 Å². The number of carbonyl (C=O) groups excluding carboxylic acids is 4. The van der Waals surface area contributed by atoms with Gasteiger partial charge in [-0.15, -0.1) is 0 Å². The average molecular weight is 339 g/mol. The maximum absolute atomic E-state index is 12.7. The number of hydrogen-bond donors (Lipinski definition) is 3. The van der Waals surface area contributed by atoms with Crippen LogP contribution in [-0.4, -0.2) is 47.9 Å². The molecule has 23 heavy (non-hydrogen) atoms. The van der Waals surface area contributed by atoms with E-state index in [0.29, 0.717) is 19.4 Å². The number of Topliss-reactive ketones (excluding diaryl/α,β-unsaturated/α-hetero) is 1. The molecule has 1 saturated heterocycles. The maximum Gasteiger partial charge on any atom is 0.454 e. The number of nitrogens with one attached hydrogen (secondary N) is 1. The zero-order valence-corrected chi connectivity index (χ0v) is 11.9. The third-order valence-corrected chi connectivity index (χ3v) is 3.20. The van der Waals surface area contributed by atoms with Gasteiger partial charge in [-0.1, -0.05) is 6.42 Å². The number of amides is 2. The molecule has 5 N–H and O–H groups in total. The van der Waals surface area contributed by atoms with Crippen LogP contribution in [0.5, 0.6) is 0 Å². The molecule has 11 heteroatoms. The molecule has 2 amide bonds. The molecule has 0 aromatic carbocycles. The number of carbonyl (C=O) groups is 4. The Balaban J connectivity index is 2.95. The number of halogens is 3. The summed E-state index contributed by atoms with van der Waals surface area (Å²) in [4.78, 5) is 46.1. The smallest absolute Gasteiger partial charge is 0.439 e. The van der Waals surface area contributed by atoms with Crippen molar-refractivity contribution >= 4 is 23.6 Å². The van der Waals surface area contributed by atoms with Gasteiger partial charge in [-0.05, 0) is 19.4 Å². The lowest BCUT2D eigenvalue weighted by Gasteiger charge is -2.26. The Morgan fingerprint density at radius 3 is 2.35 bits per heavy atom. The normalized spacial score (nSPS) is 22.7. The van der Waals surface area contributed by atoms with Gasteiger partial charge in [0.05, 0.1) is 6.42 Å². The molecular weight excluding hydrogens is 323 g/mol. The zero-order valence-electron chi connectivity index (χ0n) is 11.9. The van der Waals surface area contributed by atoms with Crippen LogP contribution in [0.25, 0.3) is 0 Å². The molecule has 1 rings (SSSR count). The maximum atomic E-state index is 12.7. The number of imide groups is 1. The van der Waals surface area contributed by atoms with E-state index in [4.69, 9.17) is 11.5 Å².